The number of rotatable bonds is 3. The lowest BCUT2D eigenvalue weighted by Gasteiger charge is -2.20. The molecule has 62 valence electrons. The van der Waals surface area contributed by atoms with E-state index in [0.29, 0.717) is 0 Å². The number of nitrogens with two attached hydrogens (primary N) is 2. The van der Waals surface area contributed by atoms with Gasteiger partial charge in [0.2, 0.25) is 0 Å². The SMILES string of the molecule is NCC(F)(F)C(N)C(F)F. The first-order chi connectivity index (χ1) is 4.41. The summed E-state index contributed by atoms with van der Waals surface area (Å²) in [6.07, 6.45) is -3.24. The third-order valence-corrected chi connectivity index (χ3v) is 1.03. The van der Waals surface area contributed by atoms with Gasteiger partial charge in [-0.3, -0.25) is 0 Å². The summed E-state index contributed by atoms with van der Waals surface area (Å²) in [6, 6.07) is -2.46. The summed E-state index contributed by atoms with van der Waals surface area (Å²) >= 11 is 0. The monoisotopic (exact) mass is 160 g/mol. The van der Waals surface area contributed by atoms with E-state index in [1.165, 1.54) is 0 Å². The topological polar surface area (TPSA) is 52.0 Å². The van der Waals surface area contributed by atoms with Gasteiger partial charge in [-0.2, -0.15) is 0 Å². The van der Waals surface area contributed by atoms with E-state index >= 15 is 0 Å². The van der Waals surface area contributed by atoms with Crippen LogP contribution in [0.2, 0.25) is 0 Å². The zero-order valence-electron chi connectivity index (χ0n) is 5.03. The minimum Gasteiger partial charge on any atom is -0.325 e. The Labute approximate surface area is 55.2 Å². The van der Waals surface area contributed by atoms with E-state index in [1.807, 2.05) is 0 Å². The lowest BCUT2D eigenvalue weighted by Crippen LogP contribution is -2.50. The molecule has 0 aromatic carbocycles. The molecule has 0 aliphatic carbocycles. The van der Waals surface area contributed by atoms with Crippen molar-refractivity contribution in [3.8, 4) is 0 Å². The molecule has 0 fully saturated rings. The van der Waals surface area contributed by atoms with Crippen LogP contribution in [0.1, 0.15) is 0 Å². The van der Waals surface area contributed by atoms with Crippen LogP contribution in [-0.2, 0) is 0 Å². The molecule has 0 rings (SSSR count). The molecule has 0 bridgehead atoms. The average molecular weight is 160 g/mol. The Morgan fingerprint density at radius 1 is 1.30 bits per heavy atom. The van der Waals surface area contributed by atoms with Crippen molar-refractivity contribution in [2.75, 3.05) is 6.54 Å². The Bertz CT molecular complexity index is 105. The molecule has 0 aromatic rings. The molecule has 0 saturated heterocycles. The van der Waals surface area contributed by atoms with E-state index in [-0.39, 0.29) is 0 Å². The molecule has 0 saturated carbocycles. The average Bonchev–Trinajstić information content (AvgIpc) is 1.86. The van der Waals surface area contributed by atoms with Gasteiger partial charge in [0.25, 0.3) is 12.3 Å². The van der Waals surface area contributed by atoms with E-state index in [2.05, 4.69) is 11.5 Å². The minimum absolute atomic E-state index is 1.15. The summed E-state index contributed by atoms with van der Waals surface area (Å²) in [5.41, 5.74) is 8.91. The quantitative estimate of drug-likeness (QED) is 0.578. The predicted molar refractivity (Wildman–Crippen MR) is 28.0 cm³/mol. The maximum atomic E-state index is 12.1. The molecule has 1 unspecified atom stereocenters. The van der Waals surface area contributed by atoms with Gasteiger partial charge in [-0.05, 0) is 0 Å². The molecular formula is C4H8F4N2. The molecule has 2 nitrogen and oxygen atoms in total. The van der Waals surface area contributed by atoms with Crippen LogP contribution >= 0.6 is 0 Å². The van der Waals surface area contributed by atoms with Crippen LogP contribution in [0.25, 0.3) is 0 Å². The molecule has 0 spiro atoms. The molecule has 0 amide bonds. The van der Waals surface area contributed by atoms with E-state index in [0.717, 1.165) is 0 Å². The van der Waals surface area contributed by atoms with Gasteiger partial charge in [0.05, 0.1) is 6.54 Å². The van der Waals surface area contributed by atoms with Crippen molar-refractivity contribution in [1.29, 1.82) is 0 Å². The second-order valence-corrected chi connectivity index (χ2v) is 1.83. The smallest absolute Gasteiger partial charge is 0.280 e. The van der Waals surface area contributed by atoms with Gasteiger partial charge < -0.3 is 11.5 Å². The highest BCUT2D eigenvalue weighted by molar-refractivity contribution is 4.82. The lowest BCUT2D eigenvalue weighted by molar-refractivity contribution is -0.0675. The van der Waals surface area contributed by atoms with E-state index in [1.54, 1.807) is 0 Å². The first-order valence-electron chi connectivity index (χ1n) is 2.53. The number of halogens is 4. The molecule has 1 atom stereocenters. The van der Waals surface area contributed by atoms with E-state index < -0.39 is 24.9 Å². The molecule has 10 heavy (non-hydrogen) atoms. The van der Waals surface area contributed by atoms with Crippen LogP contribution in [0.15, 0.2) is 0 Å². The summed E-state index contributed by atoms with van der Waals surface area (Å²) in [6.45, 7) is -1.15. The van der Waals surface area contributed by atoms with E-state index in [9.17, 15) is 17.6 Å². The van der Waals surface area contributed by atoms with Crippen molar-refractivity contribution in [2.45, 2.75) is 18.4 Å². The Morgan fingerprint density at radius 2 is 1.70 bits per heavy atom. The first kappa shape index (κ1) is 9.64. The maximum Gasteiger partial charge on any atom is 0.280 e. The third kappa shape index (κ3) is 2.11. The van der Waals surface area contributed by atoms with Crippen LogP contribution in [0, 0.1) is 0 Å². The zero-order chi connectivity index (χ0) is 8.36. The second-order valence-electron chi connectivity index (χ2n) is 1.83. The Kier molecular flexibility index (Phi) is 3.04. The molecule has 0 aliphatic heterocycles. The van der Waals surface area contributed by atoms with Crippen LogP contribution in [0.5, 0.6) is 0 Å². The molecule has 0 aromatic heterocycles. The van der Waals surface area contributed by atoms with Gasteiger partial charge in [0.15, 0.2) is 0 Å². The van der Waals surface area contributed by atoms with Crippen molar-refractivity contribution in [2.24, 2.45) is 11.5 Å². The fraction of sp³-hybridized carbons (Fsp3) is 1.00. The Balaban J connectivity index is 4.03. The van der Waals surface area contributed by atoms with Gasteiger partial charge >= 0.3 is 0 Å². The zero-order valence-corrected chi connectivity index (χ0v) is 5.03. The Hall–Kier alpha value is -0.360. The maximum absolute atomic E-state index is 12.1. The summed E-state index contributed by atoms with van der Waals surface area (Å²) in [4.78, 5) is 0. The van der Waals surface area contributed by atoms with Crippen LogP contribution < -0.4 is 11.5 Å². The van der Waals surface area contributed by atoms with Crippen molar-refractivity contribution in [1.82, 2.24) is 0 Å². The Morgan fingerprint density at radius 3 is 1.80 bits per heavy atom. The molecule has 0 aliphatic rings. The fourth-order valence-electron chi connectivity index (χ4n) is 0.320. The molecule has 6 heteroatoms. The standard InChI is InChI=1S/C4H8F4N2/c5-3(6)2(10)4(7,8)1-9/h2-3H,1,9-10H2. The fourth-order valence-corrected chi connectivity index (χ4v) is 0.320. The lowest BCUT2D eigenvalue weighted by atomic mass is 10.2. The highest BCUT2D eigenvalue weighted by Crippen LogP contribution is 2.19. The first-order valence-corrected chi connectivity index (χ1v) is 2.53. The van der Waals surface area contributed by atoms with Crippen molar-refractivity contribution < 1.29 is 17.6 Å². The summed E-state index contributed by atoms with van der Waals surface area (Å²) in [7, 11) is 0. The second kappa shape index (κ2) is 3.16. The van der Waals surface area contributed by atoms with Crippen LogP contribution in [0.3, 0.4) is 0 Å². The summed E-state index contributed by atoms with van der Waals surface area (Å²) in [5, 5.41) is 0. The molecule has 0 heterocycles. The third-order valence-electron chi connectivity index (χ3n) is 1.03. The number of alkyl halides is 4. The molecule has 0 radical (unpaired) electrons. The van der Waals surface area contributed by atoms with Gasteiger partial charge in [-0.1, -0.05) is 0 Å². The van der Waals surface area contributed by atoms with Gasteiger partial charge in [0, 0.05) is 0 Å². The molecular weight excluding hydrogens is 152 g/mol. The van der Waals surface area contributed by atoms with Gasteiger partial charge in [0.1, 0.15) is 6.04 Å². The summed E-state index contributed by atoms with van der Waals surface area (Å²) < 4.78 is 47.0. The predicted octanol–water partition coefficient (Wildman–Crippen LogP) is 0.173. The van der Waals surface area contributed by atoms with Crippen molar-refractivity contribution in [3.05, 3.63) is 0 Å². The largest absolute Gasteiger partial charge is 0.325 e. The highest BCUT2D eigenvalue weighted by Gasteiger charge is 2.41. The summed E-state index contributed by atoms with van der Waals surface area (Å²) in [5.74, 6) is -3.67. The number of hydrogen-bond acceptors (Lipinski definition) is 2. The van der Waals surface area contributed by atoms with Gasteiger partial charge in [-0.15, -0.1) is 0 Å². The molecule has 4 N–H and O–H groups in total. The van der Waals surface area contributed by atoms with Crippen LogP contribution in [0.4, 0.5) is 17.6 Å². The normalized spacial score (nSPS) is 15.9. The van der Waals surface area contributed by atoms with Crippen LogP contribution in [-0.4, -0.2) is 24.9 Å². The van der Waals surface area contributed by atoms with Crippen molar-refractivity contribution >= 4 is 0 Å². The van der Waals surface area contributed by atoms with Crippen molar-refractivity contribution in [3.63, 3.8) is 0 Å². The minimum atomic E-state index is -3.67. The number of hydrogen-bond donors (Lipinski definition) is 2. The van der Waals surface area contributed by atoms with Gasteiger partial charge in [-0.25, -0.2) is 17.6 Å². The van der Waals surface area contributed by atoms with E-state index in [4.69, 9.17) is 0 Å². The highest BCUT2D eigenvalue weighted by atomic mass is 19.3.